The molecule has 0 amide bonds. The summed E-state index contributed by atoms with van der Waals surface area (Å²) in [5.74, 6) is 0.906. The van der Waals surface area contributed by atoms with Crippen molar-refractivity contribution in [3.05, 3.63) is 52.6 Å². The van der Waals surface area contributed by atoms with Gasteiger partial charge in [0.25, 0.3) is 0 Å². The maximum absolute atomic E-state index is 11.7. The maximum Gasteiger partial charge on any atom is 0.217 e. The average Bonchev–Trinajstić information content (AvgIpc) is 2.73. The largest absolute Gasteiger partial charge is 0.356 e. The summed E-state index contributed by atoms with van der Waals surface area (Å²) >= 11 is 1.30. The van der Waals surface area contributed by atoms with Gasteiger partial charge in [-0.15, -0.1) is 0 Å². The van der Waals surface area contributed by atoms with Gasteiger partial charge in [-0.25, -0.2) is 4.98 Å². The van der Waals surface area contributed by atoms with E-state index in [1.807, 2.05) is 44.2 Å². The minimum atomic E-state index is -0.518. The average molecular weight is 394 g/mol. The molecule has 1 aliphatic heterocycles. The standard InChI is InChI=1S/C22H25N4OS/c1-3-18-15(2)21(26-11-9-17(24)10-12-26)25-22(19(18)13-23)28-20(14-27)16-7-5-4-6-8-16/h4-8,17,20H,3,9-12,24H2,1-2H3. The van der Waals surface area contributed by atoms with E-state index in [1.54, 1.807) is 0 Å². The Labute approximate surface area is 170 Å². The molecule has 3 rings (SSSR count). The number of piperidine rings is 1. The third-order valence-electron chi connectivity index (χ3n) is 5.25. The van der Waals surface area contributed by atoms with Gasteiger partial charge in [-0.3, -0.25) is 4.79 Å². The summed E-state index contributed by atoms with van der Waals surface area (Å²) in [6, 6.07) is 12.1. The Morgan fingerprint density at radius 1 is 1.32 bits per heavy atom. The zero-order valence-electron chi connectivity index (χ0n) is 16.3. The minimum Gasteiger partial charge on any atom is -0.356 e. The predicted molar refractivity (Wildman–Crippen MR) is 113 cm³/mol. The fourth-order valence-electron chi connectivity index (χ4n) is 3.65. The second-order valence-electron chi connectivity index (χ2n) is 7.04. The molecular formula is C22H25N4OS. The Bertz CT molecular complexity index is 870. The lowest BCUT2D eigenvalue weighted by Crippen LogP contribution is -2.40. The van der Waals surface area contributed by atoms with Crippen LogP contribution in [-0.4, -0.2) is 30.4 Å². The van der Waals surface area contributed by atoms with Crippen molar-refractivity contribution in [1.29, 1.82) is 5.26 Å². The van der Waals surface area contributed by atoms with Crippen LogP contribution >= 0.6 is 11.8 Å². The Morgan fingerprint density at radius 3 is 2.57 bits per heavy atom. The van der Waals surface area contributed by atoms with Gasteiger partial charge in [0, 0.05) is 19.1 Å². The molecule has 1 aromatic carbocycles. The molecule has 0 spiro atoms. The lowest BCUT2D eigenvalue weighted by atomic mass is 10.0. The lowest BCUT2D eigenvalue weighted by molar-refractivity contribution is 0.497. The molecule has 1 radical (unpaired) electrons. The highest BCUT2D eigenvalue weighted by atomic mass is 32.2. The van der Waals surface area contributed by atoms with Crippen LogP contribution in [0.3, 0.4) is 0 Å². The Kier molecular flexibility index (Phi) is 6.71. The molecule has 5 nitrogen and oxygen atoms in total. The van der Waals surface area contributed by atoms with Gasteiger partial charge in [-0.05, 0) is 42.9 Å². The van der Waals surface area contributed by atoms with Gasteiger partial charge in [0.05, 0.1) is 5.56 Å². The summed E-state index contributed by atoms with van der Waals surface area (Å²) in [6.07, 6.45) is 4.71. The molecule has 0 aliphatic carbocycles. The summed E-state index contributed by atoms with van der Waals surface area (Å²) in [6.45, 7) is 5.80. The van der Waals surface area contributed by atoms with E-state index in [4.69, 9.17) is 10.7 Å². The summed E-state index contributed by atoms with van der Waals surface area (Å²) in [5.41, 5.74) is 9.53. The van der Waals surface area contributed by atoms with Crippen LogP contribution in [0.4, 0.5) is 5.82 Å². The van der Waals surface area contributed by atoms with Crippen LogP contribution in [-0.2, 0) is 11.2 Å². The number of benzene rings is 1. The second kappa shape index (κ2) is 9.22. The summed E-state index contributed by atoms with van der Waals surface area (Å²) in [7, 11) is 0. The highest BCUT2D eigenvalue weighted by molar-refractivity contribution is 8.00. The fourth-order valence-corrected chi connectivity index (χ4v) is 4.64. The van der Waals surface area contributed by atoms with Crippen LogP contribution in [0.15, 0.2) is 35.4 Å². The number of aromatic nitrogens is 1. The van der Waals surface area contributed by atoms with Gasteiger partial charge in [0.2, 0.25) is 6.29 Å². The van der Waals surface area contributed by atoms with Crippen LogP contribution in [0.25, 0.3) is 0 Å². The predicted octanol–water partition coefficient (Wildman–Crippen LogP) is 3.69. The molecule has 2 heterocycles. The van der Waals surface area contributed by atoms with Crippen molar-refractivity contribution in [2.45, 2.75) is 49.4 Å². The third kappa shape index (κ3) is 4.21. The monoisotopic (exact) mass is 393 g/mol. The number of pyridine rings is 1. The Balaban J connectivity index is 2.03. The van der Waals surface area contributed by atoms with Gasteiger partial charge in [-0.1, -0.05) is 49.0 Å². The smallest absolute Gasteiger partial charge is 0.217 e. The van der Waals surface area contributed by atoms with E-state index in [1.165, 1.54) is 11.8 Å². The molecule has 1 aliphatic rings. The number of anilines is 1. The number of rotatable bonds is 6. The van der Waals surface area contributed by atoms with Gasteiger partial charge in [0.15, 0.2) is 0 Å². The Morgan fingerprint density at radius 2 is 2.00 bits per heavy atom. The minimum absolute atomic E-state index is 0.238. The molecule has 1 aromatic heterocycles. The number of nitrogens with two attached hydrogens (primary N) is 1. The van der Waals surface area contributed by atoms with Crippen LogP contribution in [0, 0.1) is 18.3 Å². The molecule has 1 fully saturated rings. The topological polar surface area (TPSA) is 83.0 Å². The lowest BCUT2D eigenvalue weighted by Gasteiger charge is -2.33. The van der Waals surface area contributed by atoms with E-state index in [0.717, 1.165) is 54.9 Å². The van der Waals surface area contributed by atoms with Crippen molar-refractivity contribution in [2.24, 2.45) is 5.73 Å². The van der Waals surface area contributed by atoms with Crippen molar-refractivity contribution in [3.8, 4) is 6.07 Å². The molecule has 0 saturated carbocycles. The zero-order valence-corrected chi connectivity index (χ0v) is 17.1. The molecule has 1 saturated heterocycles. The van der Waals surface area contributed by atoms with E-state index in [0.29, 0.717) is 10.6 Å². The van der Waals surface area contributed by atoms with Gasteiger partial charge in [0.1, 0.15) is 22.2 Å². The third-order valence-corrected chi connectivity index (χ3v) is 6.38. The second-order valence-corrected chi connectivity index (χ2v) is 8.13. The number of nitrogens with zero attached hydrogens (tertiary/aromatic N) is 3. The van der Waals surface area contributed by atoms with E-state index >= 15 is 0 Å². The zero-order chi connectivity index (χ0) is 20.1. The van der Waals surface area contributed by atoms with E-state index in [2.05, 4.69) is 17.3 Å². The van der Waals surface area contributed by atoms with Crippen molar-refractivity contribution in [1.82, 2.24) is 4.98 Å². The first-order valence-electron chi connectivity index (χ1n) is 9.62. The van der Waals surface area contributed by atoms with Gasteiger partial charge >= 0.3 is 0 Å². The van der Waals surface area contributed by atoms with E-state index in [-0.39, 0.29) is 6.04 Å². The number of hydrogen-bond donors (Lipinski definition) is 1. The van der Waals surface area contributed by atoms with Crippen LogP contribution < -0.4 is 10.6 Å². The molecule has 2 N–H and O–H groups in total. The van der Waals surface area contributed by atoms with Crippen LogP contribution in [0.1, 0.15) is 47.3 Å². The highest BCUT2D eigenvalue weighted by Gasteiger charge is 2.25. The molecule has 28 heavy (non-hydrogen) atoms. The van der Waals surface area contributed by atoms with E-state index < -0.39 is 5.25 Å². The quantitative estimate of drug-likeness (QED) is 0.754. The van der Waals surface area contributed by atoms with Crippen molar-refractivity contribution >= 4 is 23.9 Å². The summed E-state index contributed by atoms with van der Waals surface area (Å²) < 4.78 is 0. The molecular weight excluding hydrogens is 368 g/mol. The summed E-state index contributed by atoms with van der Waals surface area (Å²) in [4.78, 5) is 18.8. The molecule has 6 heteroatoms. The van der Waals surface area contributed by atoms with E-state index in [9.17, 15) is 10.1 Å². The number of carbonyl (C=O) groups excluding carboxylic acids is 1. The van der Waals surface area contributed by atoms with Crippen molar-refractivity contribution in [3.63, 3.8) is 0 Å². The Hall–Kier alpha value is -2.36. The number of nitriles is 1. The number of hydrogen-bond acceptors (Lipinski definition) is 6. The molecule has 1 atom stereocenters. The SMILES string of the molecule is CCc1c(C)c(N2CCC(N)CC2)nc(SC([C]=O)c2ccccc2)c1C#N. The summed E-state index contributed by atoms with van der Waals surface area (Å²) in [5, 5.41) is 9.90. The normalized spacial score (nSPS) is 15.9. The first kappa shape index (κ1) is 20.4. The van der Waals surface area contributed by atoms with Gasteiger partial charge in [-0.2, -0.15) is 5.26 Å². The first-order chi connectivity index (χ1) is 13.6. The first-order valence-corrected chi connectivity index (χ1v) is 10.5. The van der Waals surface area contributed by atoms with Gasteiger partial charge < -0.3 is 10.6 Å². The van der Waals surface area contributed by atoms with Crippen molar-refractivity contribution < 1.29 is 4.79 Å². The highest BCUT2D eigenvalue weighted by Crippen LogP contribution is 2.38. The van der Waals surface area contributed by atoms with Crippen LogP contribution in [0.2, 0.25) is 0 Å². The van der Waals surface area contributed by atoms with Crippen molar-refractivity contribution in [2.75, 3.05) is 18.0 Å². The molecule has 1 unspecified atom stereocenters. The molecule has 145 valence electrons. The molecule has 2 aromatic rings. The number of thioether (sulfide) groups is 1. The molecule has 0 bridgehead atoms. The van der Waals surface area contributed by atoms with Crippen LogP contribution in [0.5, 0.6) is 0 Å². The fraction of sp³-hybridized carbons (Fsp3) is 0.409. The maximum atomic E-state index is 11.7.